The predicted octanol–water partition coefficient (Wildman–Crippen LogP) is 5.45. The Bertz CT molecular complexity index is 1250. The van der Waals surface area contributed by atoms with Crippen molar-refractivity contribution in [1.29, 1.82) is 0 Å². The molecule has 0 unspecified atom stereocenters. The molecule has 1 atom stereocenters. The van der Waals surface area contributed by atoms with Gasteiger partial charge in [0.2, 0.25) is 11.0 Å². The summed E-state index contributed by atoms with van der Waals surface area (Å²) < 4.78 is 12.4. The van der Waals surface area contributed by atoms with Crippen LogP contribution in [0.15, 0.2) is 60.0 Å². The number of ether oxygens (including phenoxy) is 2. The molecule has 0 fully saturated rings. The number of hydrogen-bond acceptors (Lipinski definition) is 6. The van der Waals surface area contributed by atoms with Crippen molar-refractivity contribution in [3.63, 3.8) is 0 Å². The van der Waals surface area contributed by atoms with E-state index in [1.165, 1.54) is 11.3 Å². The van der Waals surface area contributed by atoms with Gasteiger partial charge < -0.3 is 14.8 Å². The molecule has 33 heavy (non-hydrogen) atoms. The maximum Gasteiger partial charge on any atom is 0.233 e. The smallest absolute Gasteiger partial charge is 0.233 e. The van der Waals surface area contributed by atoms with E-state index in [1.54, 1.807) is 18.9 Å². The van der Waals surface area contributed by atoms with Crippen LogP contribution in [0.5, 0.6) is 11.5 Å². The lowest BCUT2D eigenvalue weighted by molar-refractivity contribution is -0.117. The normalized spacial score (nSPS) is 11.8. The molecule has 0 spiro atoms. The molecule has 4 rings (SSSR count). The molecule has 7 nitrogen and oxygen atoms in total. The minimum absolute atomic E-state index is 0.0680. The fourth-order valence-corrected chi connectivity index (χ4v) is 4.49. The highest BCUT2D eigenvalue weighted by molar-refractivity contribution is 7.12. The number of aryl methyl sites for hydroxylation is 1. The third kappa shape index (κ3) is 4.75. The van der Waals surface area contributed by atoms with E-state index in [2.05, 4.69) is 10.4 Å². The molecule has 1 amide bonds. The van der Waals surface area contributed by atoms with Crippen molar-refractivity contribution < 1.29 is 14.3 Å². The summed E-state index contributed by atoms with van der Waals surface area (Å²) in [7, 11) is 3.21. The largest absolute Gasteiger partial charge is 0.493 e. The lowest BCUT2D eigenvalue weighted by Crippen LogP contribution is -2.22. The van der Waals surface area contributed by atoms with Gasteiger partial charge in [-0.3, -0.25) is 4.79 Å². The van der Waals surface area contributed by atoms with Gasteiger partial charge in [-0.1, -0.05) is 37.3 Å². The number of amides is 1. The number of thiazole rings is 1. The fraction of sp³-hybridized carbons (Fsp3) is 0.240. The summed E-state index contributed by atoms with van der Waals surface area (Å²) >= 11 is 1.45. The molecule has 170 valence electrons. The van der Waals surface area contributed by atoms with Crippen LogP contribution >= 0.6 is 11.3 Å². The average Bonchev–Trinajstić information content (AvgIpc) is 3.46. The number of hydrogen-bond donors (Lipinski definition) is 1. The molecule has 0 saturated heterocycles. The van der Waals surface area contributed by atoms with E-state index in [1.807, 2.05) is 73.8 Å². The molecule has 0 aliphatic carbocycles. The first-order valence-corrected chi connectivity index (χ1v) is 11.5. The lowest BCUT2D eigenvalue weighted by atomic mass is 9.96. The van der Waals surface area contributed by atoms with Crippen LogP contribution < -0.4 is 14.8 Å². The van der Waals surface area contributed by atoms with Gasteiger partial charge in [0, 0.05) is 17.0 Å². The van der Waals surface area contributed by atoms with Crippen molar-refractivity contribution in [3.05, 3.63) is 71.2 Å². The van der Waals surface area contributed by atoms with Gasteiger partial charge in [-0.2, -0.15) is 9.78 Å². The van der Waals surface area contributed by atoms with Crippen LogP contribution in [0, 0.1) is 6.92 Å². The molecule has 2 aromatic carbocycles. The van der Waals surface area contributed by atoms with Gasteiger partial charge in [-0.15, -0.1) is 11.3 Å². The molecule has 0 bridgehead atoms. The van der Waals surface area contributed by atoms with E-state index in [0.29, 0.717) is 28.9 Å². The van der Waals surface area contributed by atoms with Gasteiger partial charge in [-0.25, -0.2) is 4.98 Å². The second kappa shape index (κ2) is 9.87. The number of benzene rings is 2. The number of aromatic nitrogens is 3. The van der Waals surface area contributed by atoms with Crippen LogP contribution in [0.4, 0.5) is 5.82 Å². The minimum Gasteiger partial charge on any atom is -0.493 e. The molecule has 0 aliphatic rings. The van der Waals surface area contributed by atoms with Crippen molar-refractivity contribution >= 4 is 23.1 Å². The van der Waals surface area contributed by atoms with Crippen molar-refractivity contribution in [2.45, 2.75) is 26.2 Å². The Hall–Kier alpha value is -3.65. The van der Waals surface area contributed by atoms with Gasteiger partial charge in [0.05, 0.1) is 31.5 Å². The Kier molecular flexibility index (Phi) is 6.74. The van der Waals surface area contributed by atoms with Gasteiger partial charge in [0.1, 0.15) is 5.82 Å². The third-order valence-corrected chi connectivity index (χ3v) is 6.18. The standard InChI is InChI=1S/C25H26N4O3S/c1-5-19(17-9-7-6-8-10-17)24(30)27-23-13-16(2)28-29(23)25-26-20(15-33-25)18-11-12-21(31-3)22(14-18)32-4/h6-15,19H,5H2,1-4H3,(H,27,30)/t19-/m1/s1. The van der Waals surface area contributed by atoms with E-state index in [9.17, 15) is 4.79 Å². The first-order chi connectivity index (χ1) is 16.0. The second-order valence-corrected chi connectivity index (χ2v) is 8.37. The third-order valence-electron chi connectivity index (χ3n) is 5.36. The van der Waals surface area contributed by atoms with E-state index >= 15 is 0 Å². The molecular formula is C25H26N4O3S. The summed E-state index contributed by atoms with van der Waals surface area (Å²) in [6, 6.07) is 17.3. The highest BCUT2D eigenvalue weighted by Crippen LogP contribution is 2.34. The van der Waals surface area contributed by atoms with E-state index in [-0.39, 0.29) is 11.8 Å². The van der Waals surface area contributed by atoms with Gasteiger partial charge in [-0.05, 0) is 37.1 Å². The number of carbonyl (C=O) groups excluding carboxylic acids is 1. The zero-order chi connectivity index (χ0) is 23.4. The molecule has 0 saturated carbocycles. The Balaban J connectivity index is 1.61. The number of anilines is 1. The predicted molar refractivity (Wildman–Crippen MR) is 131 cm³/mol. The maximum atomic E-state index is 13.1. The molecule has 2 aromatic heterocycles. The molecule has 0 radical (unpaired) electrons. The van der Waals surface area contributed by atoms with Crippen LogP contribution in [0.3, 0.4) is 0 Å². The topological polar surface area (TPSA) is 78.3 Å². The van der Waals surface area contributed by atoms with Gasteiger partial charge in [0.25, 0.3) is 0 Å². The summed E-state index contributed by atoms with van der Waals surface area (Å²) in [5, 5.41) is 10.2. The molecule has 0 aliphatic heterocycles. The Morgan fingerprint density at radius 3 is 2.55 bits per heavy atom. The lowest BCUT2D eigenvalue weighted by Gasteiger charge is -2.15. The van der Waals surface area contributed by atoms with E-state index in [4.69, 9.17) is 14.5 Å². The second-order valence-electron chi connectivity index (χ2n) is 7.53. The van der Waals surface area contributed by atoms with Gasteiger partial charge >= 0.3 is 0 Å². The molecular weight excluding hydrogens is 436 g/mol. The highest BCUT2D eigenvalue weighted by atomic mass is 32.1. The average molecular weight is 463 g/mol. The molecule has 2 heterocycles. The number of carbonyl (C=O) groups is 1. The summed E-state index contributed by atoms with van der Waals surface area (Å²) in [6.45, 7) is 3.90. The van der Waals surface area contributed by atoms with Gasteiger partial charge in [0.15, 0.2) is 11.5 Å². The highest BCUT2D eigenvalue weighted by Gasteiger charge is 2.21. The summed E-state index contributed by atoms with van der Waals surface area (Å²) in [5.41, 5.74) is 3.48. The van der Waals surface area contributed by atoms with Crippen LogP contribution in [0.25, 0.3) is 16.4 Å². The quantitative estimate of drug-likeness (QED) is 0.377. The summed E-state index contributed by atoms with van der Waals surface area (Å²) in [5.74, 6) is 1.59. The maximum absolute atomic E-state index is 13.1. The summed E-state index contributed by atoms with van der Waals surface area (Å²) in [4.78, 5) is 17.9. The zero-order valence-electron chi connectivity index (χ0n) is 19.0. The molecule has 4 aromatic rings. The summed E-state index contributed by atoms with van der Waals surface area (Å²) in [6.07, 6.45) is 0.698. The Morgan fingerprint density at radius 2 is 1.85 bits per heavy atom. The minimum atomic E-state index is -0.242. The fourth-order valence-electron chi connectivity index (χ4n) is 3.70. The van der Waals surface area contributed by atoms with Crippen LogP contribution in [-0.2, 0) is 4.79 Å². The van der Waals surface area contributed by atoms with Crippen molar-refractivity contribution in [3.8, 4) is 27.9 Å². The molecule has 8 heteroatoms. The first-order valence-electron chi connectivity index (χ1n) is 10.6. The number of nitrogens with zero attached hydrogens (tertiary/aromatic N) is 3. The first kappa shape index (κ1) is 22.5. The number of rotatable bonds is 8. The number of nitrogens with one attached hydrogen (secondary N) is 1. The van der Waals surface area contributed by atoms with Crippen LogP contribution in [-0.4, -0.2) is 34.9 Å². The van der Waals surface area contributed by atoms with E-state index in [0.717, 1.165) is 22.5 Å². The zero-order valence-corrected chi connectivity index (χ0v) is 19.8. The van der Waals surface area contributed by atoms with E-state index < -0.39 is 0 Å². The van der Waals surface area contributed by atoms with Crippen LogP contribution in [0.2, 0.25) is 0 Å². The Labute approximate surface area is 197 Å². The molecule has 1 N–H and O–H groups in total. The van der Waals surface area contributed by atoms with Crippen molar-refractivity contribution in [1.82, 2.24) is 14.8 Å². The monoisotopic (exact) mass is 462 g/mol. The Morgan fingerprint density at radius 1 is 1.09 bits per heavy atom. The van der Waals surface area contributed by atoms with Crippen molar-refractivity contribution in [2.75, 3.05) is 19.5 Å². The SMILES string of the molecule is CC[C@@H](C(=O)Nc1cc(C)nn1-c1nc(-c2ccc(OC)c(OC)c2)cs1)c1ccccc1. The van der Waals surface area contributed by atoms with Crippen LogP contribution in [0.1, 0.15) is 30.5 Å². The number of methoxy groups -OCH3 is 2. The van der Waals surface area contributed by atoms with Crippen molar-refractivity contribution in [2.24, 2.45) is 0 Å².